The first-order valence-corrected chi connectivity index (χ1v) is 6.36. The normalized spacial score (nSPS) is 22.6. The van der Waals surface area contributed by atoms with Crippen molar-refractivity contribution in [3.63, 3.8) is 0 Å². The van der Waals surface area contributed by atoms with Crippen LogP contribution in [0.25, 0.3) is 0 Å². The lowest BCUT2D eigenvalue weighted by molar-refractivity contribution is -0.130. The van der Waals surface area contributed by atoms with Crippen molar-refractivity contribution in [2.75, 3.05) is 13.1 Å². The summed E-state index contributed by atoms with van der Waals surface area (Å²) >= 11 is 0. The van der Waals surface area contributed by atoms with Crippen molar-refractivity contribution in [3.8, 4) is 0 Å². The predicted octanol–water partition coefficient (Wildman–Crippen LogP) is 1.52. The number of furan rings is 1. The maximum atomic E-state index is 12.4. The highest BCUT2D eigenvalue weighted by molar-refractivity contribution is 5.87. The van der Waals surface area contributed by atoms with Gasteiger partial charge in [-0.05, 0) is 44.8 Å². The highest BCUT2D eigenvalue weighted by Crippen LogP contribution is 2.38. The molecule has 3 heterocycles. The summed E-state index contributed by atoms with van der Waals surface area (Å²) in [5.41, 5.74) is 0.835. The highest BCUT2D eigenvalue weighted by atomic mass is 16.3. The highest BCUT2D eigenvalue weighted by Gasteiger charge is 2.49. The molecule has 0 aromatic carbocycles. The quantitative estimate of drug-likeness (QED) is 0.862. The lowest BCUT2D eigenvalue weighted by Crippen LogP contribution is -2.51. The van der Waals surface area contributed by atoms with E-state index < -0.39 is 0 Å². The van der Waals surface area contributed by atoms with E-state index in [-0.39, 0.29) is 11.4 Å². The molecular weight excluding hydrogens is 216 g/mol. The van der Waals surface area contributed by atoms with Crippen LogP contribution in [0.4, 0.5) is 0 Å². The molecule has 1 N–H and O–H groups in total. The largest absolute Gasteiger partial charge is 0.472 e. The Balaban J connectivity index is 1.65. The van der Waals surface area contributed by atoms with Crippen molar-refractivity contribution in [2.24, 2.45) is 0 Å². The van der Waals surface area contributed by atoms with Gasteiger partial charge >= 0.3 is 0 Å². The molecule has 2 fully saturated rings. The Morgan fingerprint density at radius 1 is 1.41 bits per heavy atom. The van der Waals surface area contributed by atoms with Gasteiger partial charge in [0.2, 0.25) is 5.91 Å². The SMILES string of the molecule is O=C(NCc1ccoc1)C12CCCN1CCC2. The maximum absolute atomic E-state index is 12.4. The number of rotatable bonds is 3. The minimum absolute atomic E-state index is 0.191. The topological polar surface area (TPSA) is 45.5 Å². The summed E-state index contributed by atoms with van der Waals surface area (Å²) in [5, 5.41) is 3.05. The number of fused-ring (bicyclic) bond motifs is 1. The molecule has 4 heteroatoms. The third kappa shape index (κ3) is 1.76. The average Bonchev–Trinajstić information content (AvgIpc) is 3.01. The predicted molar refractivity (Wildman–Crippen MR) is 63.3 cm³/mol. The van der Waals surface area contributed by atoms with Crippen molar-refractivity contribution in [3.05, 3.63) is 24.2 Å². The van der Waals surface area contributed by atoms with Crippen LogP contribution < -0.4 is 5.32 Å². The maximum Gasteiger partial charge on any atom is 0.240 e. The molecule has 3 rings (SSSR count). The zero-order chi connectivity index (χ0) is 11.7. The van der Waals surface area contributed by atoms with Crippen LogP contribution in [0.15, 0.2) is 23.0 Å². The fraction of sp³-hybridized carbons (Fsp3) is 0.615. The molecule has 2 aliphatic heterocycles. The third-order valence-corrected chi connectivity index (χ3v) is 4.10. The molecule has 1 aromatic rings. The molecule has 1 aromatic heterocycles. The van der Waals surface area contributed by atoms with Crippen molar-refractivity contribution < 1.29 is 9.21 Å². The van der Waals surface area contributed by atoms with Crippen LogP contribution in [0.2, 0.25) is 0 Å². The number of hydrogen-bond donors (Lipinski definition) is 1. The van der Waals surface area contributed by atoms with Crippen LogP contribution in [0.3, 0.4) is 0 Å². The summed E-state index contributed by atoms with van der Waals surface area (Å²) in [6.45, 7) is 2.74. The molecular formula is C13H18N2O2. The Bertz CT molecular complexity index is 390. The van der Waals surface area contributed by atoms with E-state index in [0.717, 1.165) is 44.3 Å². The zero-order valence-electron chi connectivity index (χ0n) is 9.95. The minimum atomic E-state index is -0.191. The number of nitrogens with one attached hydrogen (secondary N) is 1. The number of carbonyl (C=O) groups excluding carboxylic acids is 1. The van der Waals surface area contributed by atoms with E-state index in [1.54, 1.807) is 12.5 Å². The molecule has 4 nitrogen and oxygen atoms in total. The van der Waals surface area contributed by atoms with Crippen LogP contribution in [-0.4, -0.2) is 29.4 Å². The Labute approximate surface area is 101 Å². The number of amides is 1. The summed E-state index contributed by atoms with van der Waals surface area (Å²) in [5.74, 6) is 0.203. The number of nitrogens with zero attached hydrogens (tertiary/aromatic N) is 1. The van der Waals surface area contributed by atoms with Gasteiger partial charge in [0.1, 0.15) is 5.54 Å². The fourth-order valence-electron chi connectivity index (χ4n) is 3.22. The molecule has 2 aliphatic rings. The van der Waals surface area contributed by atoms with Crippen molar-refractivity contribution in [2.45, 2.75) is 37.8 Å². The Kier molecular flexibility index (Phi) is 2.67. The van der Waals surface area contributed by atoms with Crippen LogP contribution >= 0.6 is 0 Å². The molecule has 0 atom stereocenters. The Morgan fingerprint density at radius 3 is 2.82 bits per heavy atom. The van der Waals surface area contributed by atoms with Gasteiger partial charge in [0, 0.05) is 12.1 Å². The number of carbonyl (C=O) groups is 1. The Morgan fingerprint density at radius 2 is 2.18 bits per heavy atom. The lowest BCUT2D eigenvalue weighted by Gasteiger charge is -2.30. The second-order valence-corrected chi connectivity index (χ2v) is 5.04. The average molecular weight is 234 g/mol. The monoisotopic (exact) mass is 234 g/mol. The summed E-state index contributed by atoms with van der Waals surface area (Å²) in [6.07, 6.45) is 7.66. The van der Waals surface area contributed by atoms with Gasteiger partial charge in [-0.2, -0.15) is 0 Å². The van der Waals surface area contributed by atoms with Crippen LogP contribution in [0.1, 0.15) is 31.2 Å². The Hall–Kier alpha value is -1.29. The zero-order valence-corrected chi connectivity index (χ0v) is 9.95. The number of hydrogen-bond acceptors (Lipinski definition) is 3. The summed E-state index contributed by atoms with van der Waals surface area (Å²) in [7, 11) is 0. The fourth-order valence-corrected chi connectivity index (χ4v) is 3.22. The first-order valence-electron chi connectivity index (χ1n) is 6.36. The molecule has 92 valence electrons. The smallest absolute Gasteiger partial charge is 0.240 e. The van der Waals surface area contributed by atoms with Crippen LogP contribution in [0.5, 0.6) is 0 Å². The molecule has 2 saturated heterocycles. The molecule has 0 spiro atoms. The molecule has 0 unspecified atom stereocenters. The van der Waals surface area contributed by atoms with Crippen molar-refractivity contribution in [1.82, 2.24) is 10.2 Å². The van der Waals surface area contributed by atoms with Crippen molar-refractivity contribution in [1.29, 1.82) is 0 Å². The van der Waals surface area contributed by atoms with Gasteiger partial charge in [-0.15, -0.1) is 0 Å². The van der Waals surface area contributed by atoms with Crippen LogP contribution in [-0.2, 0) is 11.3 Å². The summed E-state index contributed by atoms with van der Waals surface area (Å²) in [6, 6.07) is 1.89. The van der Waals surface area contributed by atoms with Crippen LogP contribution in [0, 0.1) is 0 Å². The van der Waals surface area contributed by atoms with Gasteiger partial charge in [-0.1, -0.05) is 0 Å². The van der Waals surface area contributed by atoms with Gasteiger partial charge < -0.3 is 9.73 Å². The molecule has 1 amide bonds. The van der Waals surface area contributed by atoms with Gasteiger partial charge in [0.25, 0.3) is 0 Å². The summed E-state index contributed by atoms with van der Waals surface area (Å²) in [4.78, 5) is 14.7. The van der Waals surface area contributed by atoms with E-state index in [1.165, 1.54) is 0 Å². The standard InChI is InChI=1S/C13H18N2O2/c16-12(14-9-11-3-8-17-10-11)13-4-1-6-15(13)7-2-5-13/h3,8,10H,1-2,4-7,9H2,(H,14,16). The lowest BCUT2D eigenvalue weighted by atomic mass is 9.93. The summed E-state index contributed by atoms with van der Waals surface area (Å²) < 4.78 is 5.00. The molecule has 0 aliphatic carbocycles. The van der Waals surface area contributed by atoms with E-state index in [4.69, 9.17) is 4.42 Å². The first-order chi connectivity index (χ1) is 8.31. The van der Waals surface area contributed by atoms with Gasteiger partial charge in [0.15, 0.2) is 0 Å². The van der Waals surface area contributed by atoms with E-state index in [1.807, 2.05) is 6.07 Å². The van der Waals surface area contributed by atoms with Crippen molar-refractivity contribution >= 4 is 5.91 Å². The molecule has 0 saturated carbocycles. The molecule has 0 bridgehead atoms. The van der Waals surface area contributed by atoms with E-state index in [2.05, 4.69) is 10.2 Å². The van der Waals surface area contributed by atoms with Gasteiger partial charge in [0.05, 0.1) is 12.5 Å². The first kappa shape index (κ1) is 10.8. The van der Waals surface area contributed by atoms with E-state index in [0.29, 0.717) is 6.54 Å². The van der Waals surface area contributed by atoms with Gasteiger partial charge in [-0.3, -0.25) is 9.69 Å². The third-order valence-electron chi connectivity index (χ3n) is 4.10. The van der Waals surface area contributed by atoms with E-state index in [9.17, 15) is 4.79 Å². The minimum Gasteiger partial charge on any atom is -0.472 e. The van der Waals surface area contributed by atoms with Gasteiger partial charge in [-0.25, -0.2) is 0 Å². The van der Waals surface area contributed by atoms with E-state index >= 15 is 0 Å². The molecule has 0 radical (unpaired) electrons. The second kappa shape index (κ2) is 4.18. The second-order valence-electron chi connectivity index (χ2n) is 5.04. The molecule has 17 heavy (non-hydrogen) atoms.